The molecule has 0 aliphatic carbocycles. The lowest BCUT2D eigenvalue weighted by Gasteiger charge is -2.25. The summed E-state index contributed by atoms with van der Waals surface area (Å²) in [6, 6.07) is 17.4. The number of hydrogen-bond donors (Lipinski definition) is 0. The molecule has 0 unspecified atom stereocenters. The number of nitro groups is 1. The molecule has 0 N–H and O–H groups in total. The molecule has 0 fully saturated rings. The molecule has 0 heterocycles. The number of hydrogen-bond acceptors (Lipinski definition) is 8. The Morgan fingerprint density at radius 3 is 1.93 bits per heavy atom. The molecule has 1 amide bonds. The van der Waals surface area contributed by atoms with Crippen LogP contribution in [0.15, 0.2) is 60.7 Å². The van der Waals surface area contributed by atoms with Crippen molar-refractivity contribution >= 4 is 17.3 Å². The topological polar surface area (TPSA) is 104 Å². The minimum absolute atomic E-state index is 0.0101. The highest BCUT2D eigenvalue weighted by atomic mass is 16.6. The molecule has 0 saturated heterocycles. The van der Waals surface area contributed by atoms with Crippen molar-refractivity contribution in [2.75, 3.05) is 60.0 Å². The molecule has 214 valence electrons. The monoisotopic (exact) mass is 551 g/mol. The Morgan fingerprint density at radius 2 is 1.32 bits per heavy atom. The number of non-ortho nitro benzene ring substituents is 1. The summed E-state index contributed by atoms with van der Waals surface area (Å²) >= 11 is 0. The van der Waals surface area contributed by atoms with Crippen molar-refractivity contribution in [3.63, 3.8) is 0 Å². The van der Waals surface area contributed by atoms with Crippen LogP contribution in [0.4, 0.5) is 11.4 Å². The van der Waals surface area contributed by atoms with E-state index < -0.39 is 4.92 Å². The third kappa shape index (κ3) is 8.09. The number of nitrogens with zero attached hydrogens (tertiary/aromatic N) is 3. The van der Waals surface area contributed by atoms with Gasteiger partial charge in [-0.3, -0.25) is 14.9 Å². The number of methoxy groups -OCH3 is 4. The maximum atomic E-state index is 13.5. The minimum Gasteiger partial charge on any atom is -0.493 e. The van der Waals surface area contributed by atoms with Crippen molar-refractivity contribution in [1.82, 2.24) is 4.90 Å². The number of carbonyl (C=O) groups is 1. The smallest absolute Gasteiger partial charge is 0.269 e. The maximum Gasteiger partial charge on any atom is 0.269 e. The number of nitro benzene ring substituents is 1. The molecule has 0 atom stereocenters. The molecule has 0 bridgehead atoms. The Balaban J connectivity index is 1.67. The van der Waals surface area contributed by atoms with Gasteiger partial charge in [-0.05, 0) is 61.8 Å². The maximum absolute atomic E-state index is 13.5. The zero-order chi connectivity index (χ0) is 29.1. The van der Waals surface area contributed by atoms with Gasteiger partial charge < -0.3 is 28.7 Å². The van der Waals surface area contributed by atoms with Crippen LogP contribution in [0.25, 0.3) is 0 Å². The van der Waals surface area contributed by atoms with Crippen LogP contribution in [0, 0.1) is 10.1 Å². The SMILES string of the molecule is COc1ccc(CCN(C)CCCN(C(=O)Cc2ccc([N+](=O)[O-])cc2)c2ccc(OC)c(OC)c2)cc1OC. The van der Waals surface area contributed by atoms with Crippen molar-refractivity contribution in [2.45, 2.75) is 19.3 Å². The Labute approximate surface area is 235 Å². The third-order valence-electron chi connectivity index (χ3n) is 6.63. The lowest BCUT2D eigenvalue weighted by atomic mass is 10.1. The van der Waals surface area contributed by atoms with Gasteiger partial charge in [0.05, 0.1) is 39.8 Å². The van der Waals surface area contributed by atoms with Crippen LogP contribution < -0.4 is 23.8 Å². The molecule has 0 radical (unpaired) electrons. The largest absolute Gasteiger partial charge is 0.493 e. The summed E-state index contributed by atoms with van der Waals surface area (Å²) in [5.74, 6) is 2.39. The van der Waals surface area contributed by atoms with Gasteiger partial charge in [0.2, 0.25) is 5.91 Å². The third-order valence-corrected chi connectivity index (χ3v) is 6.63. The summed E-state index contributed by atoms with van der Waals surface area (Å²) in [5.41, 5.74) is 2.53. The van der Waals surface area contributed by atoms with E-state index in [1.165, 1.54) is 12.1 Å². The van der Waals surface area contributed by atoms with Gasteiger partial charge in [0.15, 0.2) is 23.0 Å². The minimum atomic E-state index is -0.455. The number of ether oxygens (including phenoxy) is 4. The van der Waals surface area contributed by atoms with E-state index in [4.69, 9.17) is 18.9 Å². The number of anilines is 1. The second kappa shape index (κ2) is 14.7. The van der Waals surface area contributed by atoms with E-state index in [1.54, 1.807) is 57.6 Å². The van der Waals surface area contributed by atoms with E-state index in [0.717, 1.165) is 31.5 Å². The second-order valence-corrected chi connectivity index (χ2v) is 9.28. The molecule has 40 heavy (non-hydrogen) atoms. The standard InChI is InChI=1S/C30H37N3O7/c1-31(18-15-23-9-13-26(37-2)28(19-23)39-4)16-6-17-32(25-12-14-27(38-3)29(21-25)40-5)30(34)20-22-7-10-24(11-8-22)33(35)36/h7-14,19,21H,6,15-18,20H2,1-5H3. The summed E-state index contributed by atoms with van der Waals surface area (Å²) in [6.45, 7) is 2.10. The molecular weight excluding hydrogens is 514 g/mol. The van der Waals surface area contributed by atoms with Crippen molar-refractivity contribution < 1.29 is 28.7 Å². The molecular formula is C30H37N3O7. The number of likely N-dealkylation sites (N-methyl/N-ethyl adjacent to an activating group) is 1. The zero-order valence-corrected chi connectivity index (χ0v) is 23.7. The van der Waals surface area contributed by atoms with Gasteiger partial charge >= 0.3 is 0 Å². The first kappa shape index (κ1) is 30.2. The molecule has 3 rings (SSSR count). The summed E-state index contributed by atoms with van der Waals surface area (Å²) in [4.78, 5) is 28.0. The van der Waals surface area contributed by atoms with Gasteiger partial charge in [-0.2, -0.15) is 0 Å². The van der Waals surface area contributed by atoms with Gasteiger partial charge in [0.1, 0.15) is 0 Å². The molecule has 3 aromatic carbocycles. The predicted octanol–water partition coefficient (Wildman–Crippen LogP) is 4.77. The van der Waals surface area contributed by atoms with Crippen LogP contribution in [-0.4, -0.2) is 70.9 Å². The first-order chi connectivity index (χ1) is 19.3. The van der Waals surface area contributed by atoms with Crippen molar-refractivity contribution in [1.29, 1.82) is 0 Å². The fraction of sp³-hybridized carbons (Fsp3) is 0.367. The van der Waals surface area contributed by atoms with E-state index >= 15 is 0 Å². The zero-order valence-electron chi connectivity index (χ0n) is 23.7. The molecule has 0 aliphatic heterocycles. The summed E-state index contributed by atoms with van der Waals surface area (Å²) in [5, 5.41) is 11.0. The van der Waals surface area contributed by atoms with Crippen LogP contribution in [0.5, 0.6) is 23.0 Å². The normalized spacial score (nSPS) is 10.8. The van der Waals surface area contributed by atoms with Crippen LogP contribution in [0.1, 0.15) is 17.5 Å². The highest BCUT2D eigenvalue weighted by molar-refractivity contribution is 5.95. The van der Waals surface area contributed by atoms with E-state index in [1.807, 2.05) is 24.3 Å². The first-order valence-corrected chi connectivity index (χ1v) is 12.9. The van der Waals surface area contributed by atoms with Crippen LogP contribution in [-0.2, 0) is 17.6 Å². The fourth-order valence-electron chi connectivity index (χ4n) is 4.36. The average Bonchev–Trinajstić information content (AvgIpc) is 2.97. The highest BCUT2D eigenvalue weighted by Gasteiger charge is 2.19. The quantitative estimate of drug-likeness (QED) is 0.197. The van der Waals surface area contributed by atoms with Gasteiger partial charge in [-0.1, -0.05) is 18.2 Å². The predicted molar refractivity (Wildman–Crippen MR) is 154 cm³/mol. The number of carbonyl (C=O) groups excluding carboxylic acids is 1. The van der Waals surface area contributed by atoms with E-state index in [0.29, 0.717) is 40.8 Å². The summed E-state index contributed by atoms with van der Waals surface area (Å²) < 4.78 is 21.5. The fourth-order valence-corrected chi connectivity index (χ4v) is 4.36. The molecule has 10 nitrogen and oxygen atoms in total. The number of benzene rings is 3. The molecule has 10 heteroatoms. The van der Waals surface area contributed by atoms with E-state index in [-0.39, 0.29) is 18.0 Å². The average molecular weight is 552 g/mol. The second-order valence-electron chi connectivity index (χ2n) is 9.28. The molecule has 0 saturated carbocycles. The number of amides is 1. The Hall–Kier alpha value is -4.31. The lowest BCUT2D eigenvalue weighted by molar-refractivity contribution is -0.384. The molecule has 0 spiro atoms. The Kier molecular flexibility index (Phi) is 11.1. The van der Waals surface area contributed by atoms with Gasteiger partial charge in [-0.15, -0.1) is 0 Å². The van der Waals surface area contributed by atoms with Gasteiger partial charge in [0.25, 0.3) is 5.69 Å². The Bertz CT molecular complexity index is 1280. The molecule has 3 aromatic rings. The Morgan fingerprint density at radius 1 is 0.750 bits per heavy atom. The van der Waals surface area contributed by atoms with E-state index in [2.05, 4.69) is 11.9 Å². The van der Waals surface area contributed by atoms with Crippen molar-refractivity contribution in [2.24, 2.45) is 0 Å². The summed E-state index contributed by atoms with van der Waals surface area (Å²) in [6.07, 6.45) is 1.69. The highest BCUT2D eigenvalue weighted by Crippen LogP contribution is 2.32. The summed E-state index contributed by atoms with van der Waals surface area (Å²) in [7, 11) is 8.42. The van der Waals surface area contributed by atoms with Gasteiger partial charge in [-0.25, -0.2) is 0 Å². The van der Waals surface area contributed by atoms with Crippen LogP contribution >= 0.6 is 0 Å². The lowest BCUT2D eigenvalue weighted by Crippen LogP contribution is -2.35. The van der Waals surface area contributed by atoms with E-state index in [9.17, 15) is 14.9 Å². The van der Waals surface area contributed by atoms with Crippen LogP contribution in [0.2, 0.25) is 0 Å². The molecule has 0 aromatic heterocycles. The van der Waals surface area contributed by atoms with Gasteiger partial charge in [0, 0.05) is 37.0 Å². The van der Waals surface area contributed by atoms with Crippen molar-refractivity contribution in [3.05, 3.63) is 81.9 Å². The first-order valence-electron chi connectivity index (χ1n) is 12.9. The molecule has 0 aliphatic rings. The number of rotatable bonds is 15. The van der Waals surface area contributed by atoms with Crippen molar-refractivity contribution in [3.8, 4) is 23.0 Å². The van der Waals surface area contributed by atoms with Crippen LogP contribution in [0.3, 0.4) is 0 Å².